The zero-order valence-electron chi connectivity index (χ0n) is 18.2. The van der Waals surface area contributed by atoms with Crippen LogP contribution < -0.4 is 4.90 Å². The van der Waals surface area contributed by atoms with Crippen molar-refractivity contribution in [2.45, 2.75) is 11.8 Å². The summed E-state index contributed by atoms with van der Waals surface area (Å²) < 4.78 is 16.8. The van der Waals surface area contributed by atoms with Gasteiger partial charge in [0.1, 0.15) is 11.3 Å². The first-order chi connectivity index (χ1) is 16.5. The number of para-hydroxylation sites is 1. The van der Waals surface area contributed by atoms with Crippen molar-refractivity contribution in [3.8, 4) is 0 Å². The highest BCUT2D eigenvalue weighted by Crippen LogP contribution is 2.50. The second-order valence-electron chi connectivity index (χ2n) is 7.47. The molecule has 2 aliphatic rings. The van der Waals surface area contributed by atoms with Gasteiger partial charge in [-0.05, 0) is 40.6 Å². The van der Waals surface area contributed by atoms with Crippen molar-refractivity contribution in [1.29, 1.82) is 0 Å². The van der Waals surface area contributed by atoms with E-state index in [0.717, 1.165) is 5.56 Å². The van der Waals surface area contributed by atoms with E-state index >= 15 is 0 Å². The number of nitrogens with zero attached hydrogens (tertiary/aromatic N) is 1. The largest absolute Gasteiger partial charge is 0.465 e. The number of methoxy groups -OCH3 is 2. The maximum atomic E-state index is 14.1. The predicted octanol–water partition coefficient (Wildman–Crippen LogP) is 4.38. The van der Waals surface area contributed by atoms with E-state index in [9.17, 15) is 14.4 Å². The van der Waals surface area contributed by atoms with Gasteiger partial charge in [0.2, 0.25) is 11.4 Å². The molecule has 1 unspecified atom stereocenters. The average Bonchev–Trinajstić information content (AvgIpc) is 3.61. The lowest BCUT2D eigenvalue weighted by atomic mass is 9.82. The summed E-state index contributed by atoms with van der Waals surface area (Å²) in [5.41, 5.74) is -0.765. The number of benzene rings is 1. The fourth-order valence-electron chi connectivity index (χ4n) is 4.28. The predicted molar refractivity (Wildman–Crippen MR) is 129 cm³/mol. The monoisotopic (exact) mass is 493 g/mol. The number of hydrogen-bond donors (Lipinski definition) is 0. The molecule has 0 spiro atoms. The summed E-state index contributed by atoms with van der Waals surface area (Å²) in [5, 5.41) is 3.55. The fraction of sp³-hybridized carbons (Fsp3) is 0.160. The number of esters is 2. The Morgan fingerprint density at radius 2 is 1.68 bits per heavy atom. The van der Waals surface area contributed by atoms with Gasteiger partial charge in [-0.2, -0.15) is 0 Å². The molecular formula is C25H19NO6S2. The molecule has 34 heavy (non-hydrogen) atoms. The van der Waals surface area contributed by atoms with Crippen LogP contribution >= 0.6 is 22.7 Å². The minimum atomic E-state index is -1.91. The number of carbonyl (C=O) groups is 3. The summed E-state index contributed by atoms with van der Waals surface area (Å²) >= 11 is 2.48. The Morgan fingerprint density at radius 3 is 2.35 bits per heavy atom. The molecule has 0 radical (unpaired) electrons. The third-order valence-electron chi connectivity index (χ3n) is 5.72. The first-order valence-electron chi connectivity index (χ1n) is 10.3. The smallest absolute Gasteiger partial charge is 0.355 e. The van der Waals surface area contributed by atoms with E-state index in [0.29, 0.717) is 15.4 Å². The van der Waals surface area contributed by atoms with E-state index in [-0.39, 0.29) is 11.3 Å². The van der Waals surface area contributed by atoms with Crippen LogP contribution in [-0.2, 0) is 29.4 Å². The number of thiophene rings is 2. The Hall–Kier alpha value is -3.53. The molecule has 0 aliphatic carbocycles. The highest BCUT2D eigenvalue weighted by molar-refractivity contribution is 7.12. The molecule has 0 fully saturated rings. The van der Waals surface area contributed by atoms with Gasteiger partial charge < -0.3 is 19.1 Å². The molecule has 7 nitrogen and oxygen atoms in total. The number of hydrogen-bond acceptors (Lipinski definition) is 9. The van der Waals surface area contributed by atoms with Crippen LogP contribution in [0.3, 0.4) is 0 Å². The molecule has 2 aromatic heterocycles. The molecule has 1 aromatic carbocycles. The van der Waals surface area contributed by atoms with E-state index in [2.05, 4.69) is 0 Å². The van der Waals surface area contributed by atoms with Crippen LogP contribution in [0.4, 0.5) is 5.69 Å². The molecular weight excluding hydrogens is 474 g/mol. The van der Waals surface area contributed by atoms with Crippen molar-refractivity contribution in [3.05, 3.63) is 92.0 Å². The van der Waals surface area contributed by atoms with E-state index in [1.165, 1.54) is 36.9 Å². The molecule has 0 amide bonds. The summed E-state index contributed by atoms with van der Waals surface area (Å²) in [7, 11) is 2.43. The van der Waals surface area contributed by atoms with Gasteiger partial charge in [0.15, 0.2) is 6.23 Å². The Morgan fingerprint density at radius 1 is 0.941 bits per heavy atom. The van der Waals surface area contributed by atoms with Crippen LogP contribution in [0.1, 0.15) is 20.1 Å². The number of rotatable bonds is 5. The Kier molecular flexibility index (Phi) is 5.68. The van der Waals surface area contributed by atoms with E-state index in [4.69, 9.17) is 14.2 Å². The number of ketones is 1. The summed E-state index contributed by atoms with van der Waals surface area (Å²) in [6, 6.07) is 14.3. The number of anilines is 1. The summed E-state index contributed by atoms with van der Waals surface area (Å²) in [6.07, 6.45) is 2.76. The lowest BCUT2D eigenvalue weighted by Gasteiger charge is -2.47. The first-order valence-corrected chi connectivity index (χ1v) is 12.1. The lowest BCUT2D eigenvalue weighted by Crippen LogP contribution is -2.57. The quantitative estimate of drug-likeness (QED) is 0.385. The van der Waals surface area contributed by atoms with Gasteiger partial charge in [0, 0.05) is 4.88 Å². The number of carbonyl (C=O) groups excluding carboxylic acids is 3. The molecule has 5 rings (SSSR count). The van der Waals surface area contributed by atoms with Gasteiger partial charge in [-0.15, -0.1) is 22.7 Å². The van der Waals surface area contributed by atoms with E-state index in [1.54, 1.807) is 46.0 Å². The minimum absolute atomic E-state index is 0.0966. The lowest BCUT2D eigenvalue weighted by molar-refractivity contribution is -0.145. The Balaban J connectivity index is 1.89. The second kappa shape index (κ2) is 8.68. The summed E-state index contributed by atoms with van der Waals surface area (Å²) in [6.45, 7) is 0. The van der Waals surface area contributed by atoms with Crippen molar-refractivity contribution in [1.82, 2.24) is 0 Å². The Labute approximate surface area is 203 Å². The molecule has 2 atom stereocenters. The summed E-state index contributed by atoms with van der Waals surface area (Å²) in [4.78, 5) is 43.3. The Bertz CT molecular complexity index is 1330. The van der Waals surface area contributed by atoms with Gasteiger partial charge in [-0.3, -0.25) is 4.79 Å². The van der Waals surface area contributed by atoms with Crippen LogP contribution in [-0.4, -0.2) is 38.2 Å². The molecule has 2 aliphatic heterocycles. The normalized spacial score (nSPS) is 21.0. The number of fused-ring (bicyclic) bond motifs is 3. The van der Waals surface area contributed by atoms with Crippen molar-refractivity contribution >= 4 is 52.2 Å². The molecule has 4 heterocycles. The van der Waals surface area contributed by atoms with Crippen molar-refractivity contribution in [2.75, 3.05) is 19.1 Å². The first kappa shape index (κ1) is 22.3. The van der Waals surface area contributed by atoms with Crippen LogP contribution in [0.15, 0.2) is 76.6 Å². The van der Waals surface area contributed by atoms with Gasteiger partial charge in [0.05, 0.1) is 24.8 Å². The molecule has 0 bridgehead atoms. The standard InChI is InChI=1S/C25H19NO6S2/c1-30-23(28)20-21(24(29)31-2)26-16-8-4-3-7-15(16)11-12-19(26)32-25(20,18-10-6-14-34-18)22(27)17-9-5-13-33-17/h3-14,19H,1-2H3/t19?,25-/m0/s1. The summed E-state index contributed by atoms with van der Waals surface area (Å²) in [5.74, 6) is -2.10. The zero-order valence-corrected chi connectivity index (χ0v) is 19.9. The highest BCUT2D eigenvalue weighted by atomic mass is 32.1. The molecule has 0 saturated carbocycles. The van der Waals surface area contributed by atoms with Crippen LogP contribution in [0.2, 0.25) is 0 Å². The molecule has 172 valence electrons. The maximum absolute atomic E-state index is 14.1. The van der Waals surface area contributed by atoms with Crippen LogP contribution in [0, 0.1) is 0 Å². The van der Waals surface area contributed by atoms with Gasteiger partial charge in [-0.25, -0.2) is 9.59 Å². The highest BCUT2D eigenvalue weighted by Gasteiger charge is 2.59. The molecule has 0 saturated heterocycles. The van der Waals surface area contributed by atoms with Gasteiger partial charge >= 0.3 is 11.9 Å². The van der Waals surface area contributed by atoms with Crippen LogP contribution in [0.5, 0.6) is 0 Å². The van der Waals surface area contributed by atoms with Crippen LogP contribution in [0.25, 0.3) is 6.08 Å². The molecule has 9 heteroatoms. The average molecular weight is 494 g/mol. The van der Waals surface area contributed by atoms with Crippen molar-refractivity contribution in [3.63, 3.8) is 0 Å². The third kappa shape index (κ3) is 3.24. The number of ether oxygens (including phenoxy) is 3. The number of Topliss-reactive ketones (excluding diaryl/α,β-unsaturated/α-hetero) is 1. The SMILES string of the molecule is COC(=O)C1=C(C(=O)OC)[C@](C(=O)c2cccs2)(c2cccs2)OC2C=Cc3ccccc3N12. The molecule has 3 aromatic rings. The second-order valence-corrected chi connectivity index (χ2v) is 9.36. The third-order valence-corrected chi connectivity index (χ3v) is 7.56. The zero-order chi connectivity index (χ0) is 23.9. The van der Waals surface area contributed by atoms with Crippen molar-refractivity contribution < 1.29 is 28.6 Å². The van der Waals surface area contributed by atoms with Gasteiger partial charge in [0.25, 0.3) is 0 Å². The maximum Gasteiger partial charge on any atom is 0.355 e. The minimum Gasteiger partial charge on any atom is -0.465 e. The van der Waals surface area contributed by atoms with E-state index < -0.39 is 29.6 Å². The molecule has 0 N–H and O–H groups in total. The van der Waals surface area contributed by atoms with Crippen molar-refractivity contribution in [2.24, 2.45) is 0 Å². The topological polar surface area (TPSA) is 82.1 Å². The van der Waals surface area contributed by atoms with Gasteiger partial charge in [-0.1, -0.05) is 36.4 Å². The fourth-order valence-corrected chi connectivity index (χ4v) is 5.87. The van der Waals surface area contributed by atoms with E-state index in [1.807, 2.05) is 30.3 Å².